The summed E-state index contributed by atoms with van der Waals surface area (Å²) in [5.74, 6) is -0.504. The predicted octanol–water partition coefficient (Wildman–Crippen LogP) is 4.93. The standard InChI is InChI=1S/C26H21N5/c1-31-22-9-5-4-7-18(22)19-11-10-16(12-23(19)31)24-20-8-3-2-6-17(20)21(13-27)25(30)26(24,14-28)15-29/h4-7,9-12,20,24H,2-3,8,30H2,1H3/t20-,24+/m1/s1. The second-order valence-electron chi connectivity index (χ2n) is 8.46. The Morgan fingerprint density at radius 2 is 1.77 bits per heavy atom. The number of benzene rings is 2. The lowest BCUT2D eigenvalue weighted by atomic mass is 9.56. The Kier molecular flexibility index (Phi) is 4.14. The first-order valence-electron chi connectivity index (χ1n) is 10.5. The first kappa shape index (κ1) is 19.0. The lowest BCUT2D eigenvalue weighted by molar-refractivity contribution is 0.317. The molecule has 0 spiro atoms. The van der Waals surface area contributed by atoms with Crippen LogP contribution in [0.25, 0.3) is 21.8 Å². The van der Waals surface area contributed by atoms with E-state index < -0.39 is 11.3 Å². The maximum Gasteiger partial charge on any atom is 0.191 e. The van der Waals surface area contributed by atoms with Gasteiger partial charge in [-0.15, -0.1) is 0 Å². The van der Waals surface area contributed by atoms with Crippen LogP contribution in [0, 0.1) is 45.3 Å². The topological polar surface area (TPSA) is 102 Å². The molecule has 5 rings (SSSR count). The van der Waals surface area contributed by atoms with Gasteiger partial charge >= 0.3 is 0 Å². The highest BCUT2D eigenvalue weighted by Crippen LogP contribution is 2.56. The highest BCUT2D eigenvalue weighted by molar-refractivity contribution is 6.08. The average Bonchev–Trinajstić information content (AvgIpc) is 3.10. The van der Waals surface area contributed by atoms with E-state index in [1.807, 2.05) is 25.2 Å². The third-order valence-corrected chi connectivity index (χ3v) is 7.10. The minimum atomic E-state index is -1.57. The van der Waals surface area contributed by atoms with Crippen molar-refractivity contribution in [3.63, 3.8) is 0 Å². The summed E-state index contributed by atoms with van der Waals surface area (Å²) in [5, 5.41) is 32.5. The molecule has 31 heavy (non-hydrogen) atoms. The Bertz CT molecular complexity index is 1420. The first-order valence-corrected chi connectivity index (χ1v) is 10.5. The number of hydrogen-bond acceptors (Lipinski definition) is 4. The Hall–Kier alpha value is -4.01. The molecule has 0 fully saturated rings. The van der Waals surface area contributed by atoms with Crippen molar-refractivity contribution in [3.05, 3.63) is 70.9 Å². The van der Waals surface area contributed by atoms with E-state index in [2.05, 4.69) is 53.1 Å². The number of aryl methyl sites for hydroxylation is 1. The Morgan fingerprint density at radius 1 is 1.03 bits per heavy atom. The molecule has 150 valence electrons. The molecule has 2 aromatic carbocycles. The van der Waals surface area contributed by atoms with E-state index in [1.165, 1.54) is 5.39 Å². The van der Waals surface area contributed by atoms with Crippen molar-refractivity contribution in [2.24, 2.45) is 24.1 Å². The van der Waals surface area contributed by atoms with Crippen molar-refractivity contribution in [2.75, 3.05) is 0 Å². The van der Waals surface area contributed by atoms with Gasteiger partial charge in [0.05, 0.1) is 23.4 Å². The van der Waals surface area contributed by atoms with E-state index in [-0.39, 0.29) is 11.6 Å². The molecule has 0 radical (unpaired) electrons. The van der Waals surface area contributed by atoms with Gasteiger partial charge in [0.15, 0.2) is 5.41 Å². The third kappa shape index (κ3) is 2.40. The summed E-state index contributed by atoms with van der Waals surface area (Å²) in [6, 6.07) is 21.1. The van der Waals surface area contributed by atoms with Crippen molar-refractivity contribution < 1.29 is 0 Å². The van der Waals surface area contributed by atoms with E-state index in [0.29, 0.717) is 5.57 Å². The third-order valence-electron chi connectivity index (χ3n) is 7.10. The summed E-state index contributed by atoms with van der Waals surface area (Å²) in [6.45, 7) is 0. The molecule has 2 atom stereocenters. The first-order chi connectivity index (χ1) is 15.1. The smallest absolute Gasteiger partial charge is 0.191 e. The second kappa shape index (κ2) is 6.76. The number of nitrogens with zero attached hydrogens (tertiary/aromatic N) is 4. The lowest BCUT2D eigenvalue weighted by Crippen LogP contribution is -2.42. The minimum absolute atomic E-state index is 0.0814. The maximum atomic E-state index is 10.2. The molecule has 2 aliphatic rings. The number of aromatic nitrogens is 1. The molecule has 2 aliphatic carbocycles. The van der Waals surface area contributed by atoms with Crippen LogP contribution in [0.15, 0.2) is 65.4 Å². The average molecular weight is 403 g/mol. The zero-order valence-corrected chi connectivity index (χ0v) is 17.3. The molecule has 0 saturated heterocycles. The second-order valence-corrected chi connectivity index (χ2v) is 8.46. The van der Waals surface area contributed by atoms with Crippen LogP contribution in [-0.4, -0.2) is 4.57 Å². The molecular formula is C26H21N5. The van der Waals surface area contributed by atoms with Gasteiger partial charge in [-0.1, -0.05) is 36.4 Å². The van der Waals surface area contributed by atoms with Crippen LogP contribution in [0.2, 0.25) is 0 Å². The molecule has 5 nitrogen and oxygen atoms in total. The normalized spacial score (nSPS) is 22.3. The fourth-order valence-corrected chi connectivity index (χ4v) is 5.62. The summed E-state index contributed by atoms with van der Waals surface area (Å²) < 4.78 is 2.15. The van der Waals surface area contributed by atoms with Crippen molar-refractivity contribution in [1.29, 1.82) is 15.8 Å². The maximum absolute atomic E-state index is 10.2. The molecule has 1 heterocycles. The zero-order valence-electron chi connectivity index (χ0n) is 17.3. The molecule has 0 unspecified atom stereocenters. The quantitative estimate of drug-likeness (QED) is 0.622. The fraction of sp³-hybridized carbons (Fsp3) is 0.269. The zero-order chi connectivity index (χ0) is 21.8. The summed E-state index contributed by atoms with van der Waals surface area (Å²) in [7, 11) is 2.03. The van der Waals surface area contributed by atoms with Crippen LogP contribution >= 0.6 is 0 Å². The lowest BCUT2D eigenvalue weighted by Gasteiger charge is -2.43. The Balaban J connectivity index is 1.81. The highest BCUT2D eigenvalue weighted by Gasteiger charge is 2.53. The van der Waals surface area contributed by atoms with E-state index >= 15 is 0 Å². The Morgan fingerprint density at radius 3 is 2.52 bits per heavy atom. The van der Waals surface area contributed by atoms with Crippen LogP contribution in [0.1, 0.15) is 30.7 Å². The van der Waals surface area contributed by atoms with Crippen LogP contribution in [0.5, 0.6) is 0 Å². The molecule has 1 aromatic heterocycles. The number of allylic oxidation sites excluding steroid dienone is 4. The molecule has 5 heteroatoms. The summed E-state index contributed by atoms with van der Waals surface area (Å²) >= 11 is 0. The fourth-order valence-electron chi connectivity index (χ4n) is 5.62. The molecule has 0 saturated carbocycles. The van der Waals surface area contributed by atoms with E-state index in [4.69, 9.17) is 5.73 Å². The van der Waals surface area contributed by atoms with Crippen LogP contribution in [0.3, 0.4) is 0 Å². The van der Waals surface area contributed by atoms with Gasteiger partial charge in [0.2, 0.25) is 0 Å². The molecular weight excluding hydrogens is 382 g/mol. The summed E-state index contributed by atoms with van der Waals surface area (Å²) in [6.07, 6.45) is 4.74. The van der Waals surface area contributed by atoms with E-state index in [0.717, 1.165) is 46.8 Å². The van der Waals surface area contributed by atoms with Crippen molar-refractivity contribution in [3.8, 4) is 18.2 Å². The largest absolute Gasteiger partial charge is 0.399 e. The molecule has 0 amide bonds. The van der Waals surface area contributed by atoms with Gasteiger partial charge in [-0.25, -0.2) is 0 Å². The van der Waals surface area contributed by atoms with Crippen LogP contribution in [-0.2, 0) is 7.05 Å². The number of nitrogens with two attached hydrogens (primary N) is 1. The molecule has 0 aliphatic heterocycles. The SMILES string of the molecule is Cn1c2ccccc2c2ccc([C@H]3[C@@H]4CCCC=C4C(C#N)=C(N)C3(C#N)C#N)cc21. The summed E-state index contributed by atoms with van der Waals surface area (Å²) in [4.78, 5) is 0. The number of fused-ring (bicyclic) bond motifs is 4. The van der Waals surface area contributed by atoms with Crippen molar-refractivity contribution in [2.45, 2.75) is 25.2 Å². The van der Waals surface area contributed by atoms with E-state index in [9.17, 15) is 15.8 Å². The number of rotatable bonds is 1. The van der Waals surface area contributed by atoms with Crippen molar-refractivity contribution >= 4 is 21.8 Å². The van der Waals surface area contributed by atoms with Gasteiger partial charge in [0.25, 0.3) is 0 Å². The predicted molar refractivity (Wildman–Crippen MR) is 119 cm³/mol. The number of hydrogen-bond donors (Lipinski definition) is 1. The Labute approximate surface area is 180 Å². The van der Waals surface area contributed by atoms with Gasteiger partial charge in [-0.3, -0.25) is 0 Å². The molecule has 2 N–H and O–H groups in total. The van der Waals surface area contributed by atoms with Crippen molar-refractivity contribution in [1.82, 2.24) is 4.57 Å². The van der Waals surface area contributed by atoms with E-state index in [1.54, 1.807) is 0 Å². The van der Waals surface area contributed by atoms with Crippen LogP contribution in [0.4, 0.5) is 0 Å². The highest BCUT2D eigenvalue weighted by atomic mass is 14.9. The van der Waals surface area contributed by atoms with Gasteiger partial charge in [-0.05, 0) is 48.4 Å². The van der Waals surface area contributed by atoms with Gasteiger partial charge in [-0.2, -0.15) is 15.8 Å². The monoisotopic (exact) mass is 403 g/mol. The number of nitriles is 3. The van der Waals surface area contributed by atoms with Gasteiger partial charge in [0.1, 0.15) is 6.07 Å². The van der Waals surface area contributed by atoms with Gasteiger partial charge < -0.3 is 10.3 Å². The van der Waals surface area contributed by atoms with Crippen LogP contribution < -0.4 is 5.73 Å². The summed E-state index contributed by atoms with van der Waals surface area (Å²) in [5.41, 5.74) is 9.23. The molecule has 3 aromatic rings. The van der Waals surface area contributed by atoms with Gasteiger partial charge in [0, 0.05) is 34.8 Å². The molecule has 0 bridgehead atoms. The number of para-hydroxylation sites is 1. The minimum Gasteiger partial charge on any atom is -0.399 e.